The van der Waals surface area contributed by atoms with Crippen molar-refractivity contribution in [3.63, 3.8) is 0 Å². The average Bonchev–Trinajstić information content (AvgIpc) is 2.64. The van der Waals surface area contributed by atoms with Gasteiger partial charge in [0.25, 0.3) is 0 Å². The Morgan fingerprint density at radius 2 is 1.54 bits per heavy atom. The first-order chi connectivity index (χ1) is 12.5. The van der Waals surface area contributed by atoms with Crippen LogP contribution in [0.3, 0.4) is 0 Å². The zero-order valence-corrected chi connectivity index (χ0v) is 15.8. The normalized spacial score (nSPS) is 23.5. The number of quaternary nitrogens is 1. The molecule has 0 spiro atoms. The van der Waals surface area contributed by atoms with Crippen molar-refractivity contribution in [2.75, 3.05) is 34.9 Å². The third-order valence-electron chi connectivity index (χ3n) is 6.08. The van der Waals surface area contributed by atoms with Gasteiger partial charge in [0.2, 0.25) is 0 Å². The van der Waals surface area contributed by atoms with Gasteiger partial charge in [-0.3, -0.25) is 0 Å². The van der Waals surface area contributed by atoms with Crippen LogP contribution < -0.4 is 19.3 Å². The zero-order valence-electron chi connectivity index (χ0n) is 15.8. The molecule has 0 unspecified atom stereocenters. The summed E-state index contributed by atoms with van der Waals surface area (Å²) in [6.07, 6.45) is 1.89. The van der Waals surface area contributed by atoms with E-state index >= 15 is 0 Å². The quantitative estimate of drug-likeness (QED) is 0.794. The molecule has 0 aromatic heterocycles. The lowest BCUT2D eigenvalue weighted by molar-refractivity contribution is -0.956. The SMILES string of the molecule is COc1cc2c(cc1[O-])C[N@+]1(C)CCc3cc(OC)c(OC)cc3[C@@H]1C2. The lowest BCUT2D eigenvalue weighted by Gasteiger charge is -2.49. The zero-order chi connectivity index (χ0) is 18.5. The molecule has 26 heavy (non-hydrogen) atoms. The first-order valence-corrected chi connectivity index (χ1v) is 8.95. The molecule has 2 atom stereocenters. The van der Waals surface area contributed by atoms with Crippen LogP contribution in [0.4, 0.5) is 0 Å². The Morgan fingerprint density at radius 1 is 0.885 bits per heavy atom. The molecule has 0 fully saturated rings. The summed E-state index contributed by atoms with van der Waals surface area (Å²) in [5.41, 5.74) is 5.02. The van der Waals surface area contributed by atoms with E-state index in [4.69, 9.17) is 14.2 Å². The van der Waals surface area contributed by atoms with Crippen LogP contribution in [0.15, 0.2) is 24.3 Å². The van der Waals surface area contributed by atoms with Crippen LogP contribution >= 0.6 is 0 Å². The molecule has 5 nitrogen and oxygen atoms in total. The number of methoxy groups -OCH3 is 3. The van der Waals surface area contributed by atoms with Crippen LogP contribution in [0.25, 0.3) is 0 Å². The van der Waals surface area contributed by atoms with E-state index in [1.54, 1.807) is 27.4 Å². The van der Waals surface area contributed by atoms with Gasteiger partial charge in [0.05, 0.1) is 34.9 Å². The van der Waals surface area contributed by atoms with Gasteiger partial charge in [-0.25, -0.2) is 0 Å². The van der Waals surface area contributed by atoms with Crippen LogP contribution in [0, 0.1) is 0 Å². The van der Waals surface area contributed by atoms with Gasteiger partial charge < -0.3 is 23.8 Å². The number of fused-ring (bicyclic) bond motifs is 4. The fourth-order valence-electron chi connectivity index (χ4n) is 4.59. The molecule has 2 aliphatic rings. The Hall–Kier alpha value is -2.40. The minimum absolute atomic E-state index is 0.0277. The summed E-state index contributed by atoms with van der Waals surface area (Å²) in [5.74, 6) is 1.97. The summed E-state index contributed by atoms with van der Waals surface area (Å²) >= 11 is 0. The lowest BCUT2D eigenvalue weighted by atomic mass is 9.81. The Labute approximate surface area is 154 Å². The average molecular weight is 355 g/mol. The molecule has 138 valence electrons. The van der Waals surface area contributed by atoms with E-state index in [1.807, 2.05) is 6.07 Å². The van der Waals surface area contributed by atoms with Crippen LogP contribution in [0.1, 0.15) is 28.3 Å². The van der Waals surface area contributed by atoms with E-state index in [2.05, 4.69) is 19.2 Å². The highest BCUT2D eigenvalue weighted by molar-refractivity contribution is 5.51. The first kappa shape index (κ1) is 17.0. The second-order valence-corrected chi connectivity index (χ2v) is 7.51. The summed E-state index contributed by atoms with van der Waals surface area (Å²) in [4.78, 5) is 0. The van der Waals surface area contributed by atoms with Gasteiger partial charge in [-0.05, 0) is 29.3 Å². The highest BCUT2D eigenvalue weighted by Gasteiger charge is 2.43. The molecule has 2 heterocycles. The predicted octanol–water partition coefficient (Wildman–Crippen LogP) is 2.59. The molecule has 2 aromatic rings. The summed E-state index contributed by atoms with van der Waals surface area (Å²) in [5, 5.41) is 12.2. The van der Waals surface area contributed by atoms with Crippen LogP contribution in [0.2, 0.25) is 0 Å². The van der Waals surface area contributed by atoms with Crippen LogP contribution in [-0.2, 0) is 19.4 Å². The fourth-order valence-corrected chi connectivity index (χ4v) is 4.59. The second-order valence-electron chi connectivity index (χ2n) is 7.51. The van der Waals surface area contributed by atoms with Crippen molar-refractivity contribution in [1.29, 1.82) is 0 Å². The molecular formula is C21H25NO4. The summed E-state index contributed by atoms with van der Waals surface area (Å²) in [6.45, 7) is 1.92. The Kier molecular flexibility index (Phi) is 3.99. The molecule has 0 saturated carbocycles. The van der Waals surface area contributed by atoms with Gasteiger partial charge in [-0.2, -0.15) is 0 Å². The van der Waals surface area contributed by atoms with Gasteiger partial charge in [-0.15, -0.1) is 0 Å². The molecule has 2 aromatic carbocycles. The van der Waals surface area contributed by atoms with E-state index in [0.29, 0.717) is 11.8 Å². The van der Waals surface area contributed by atoms with E-state index in [9.17, 15) is 5.11 Å². The van der Waals surface area contributed by atoms with Crippen molar-refractivity contribution in [3.05, 3.63) is 46.5 Å². The molecule has 0 N–H and O–H groups in total. The molecule has 0 radical (unpaired) electrons. The summed E-state index contributed by atoms with van der Waals surface area (Å²) in [6, 6.07) is 8.29. The number of benzene rings is 2. The monoisotopic (exact) mass is 355 g/mol. The number of hydrogen-bond donors (Lipinski definition) is 0. The highest BCUT2D eigenvalue weighted by atomic mass is 16.5. The number of rotatable bonds is 3. The maximum absolute atomic E-state index is 12.2. The van der Waals surface area contributed by atoms with E-state index < -0.39 is 0 Å². The minimum Gasteiger partial charge on any atom is -0.870 e. The van der Waals surface area contributed by atoms with Crippen molar-refractivity contribution >= 4 is 0 Å². The highest BCUT2D eigenvalue weighted by Crippen LogP contribution is 2.47. The maximum atomic E-state index is 12.2. The topological polar surface area (TPSA) is 50.8 Å². The number of nitrogens with zero attached hydrogens (tertiary/aromatic N) is 1. The van der Waals surface area contributed by atoms with Gasteiger partial charge in [0, 0.05) is 24.0 Å². The van der Waals surface area contributed by atoms with Crippen molar-refractivity contribution in [2.45, 2.75) is 25.4 Å². The Bertz CT molecular complexity index is 864. The molecule has 0 amide bonds. The molecule has 2 aliphatic heterocycles. The van der Waals surface area contributed by atoms with Crippen molar-refractivity contribution < 1.29 is 23.8 Å². The Balaban J connectivity index is 1.81. The number of hydrogen-bond acceptors (Lipinski definition) is 4. The van der Waals surface area contributed by atoms with Crippen LogP contribution in [-0.4, -0.2) is 39.4 Å². The third kappa shape index (κ3) is 2.50. The molecule has 4 rings (SSSR count). The Morgan fingerprint density at radius 3 is 2.23 bits per heavy atom. The van der Waals surface area contributed by atoms with Crippen molar-refractivity contribution in [2.24, 2.45) is 0 Å². The molecule has 0 aliphatic carbocycles. The molecule has 0 bridgehead atoms. The van der Waals surface area contributed by atoms with Crippen molar-refractivity contribution in [1.82, 2.24) is 0 Å². The van der Waals surface area contributed by atoms with Gasteiger partial charge in [0.1, 0.15) is 18.3 Å². The lowest BCUT2D eigenvalue weighted by Crippen LogP contribution is -2.53. The largest absolute Gasteiger partial charge is 0.870 e. The van der Waals surface area contributed by atoms with Gasteiger partial charge in [-0.1, -0.05) is 11.8 Å². The smallest absolute Gasteiger partial charge is 0.161 e. The fraction of sp³-hybridized carbons (Fsp3) is 0.429. The molecule has 0 saturated heterocycles. The number of ether oxygens (including phenoxy) is 3. The number of likely N-dealkylation sites (N-methyl/N-ethyl adjacent to an activating group) is 1. The molecular weight excluding hydrogens is 330 g/mol. The second kappa shape index (κ2) is 6.09. The van der Waals surface area contributed by atoms with Gasteiger partial charge in [0.15, 0.2) is 11.5 Å². The summed E-state index contributed by atoms with van der Waals surface area (Å²) < 4.78 is 17.2. The first-order valence-electron chi connectivity index (χ1n) is 8.95. The molecule has 5 heteroatoms. The van der Waals surface area contributed by atoms with E-state index in [-0.39, 0.29) is 5.75 Å². The third-order valence-corrected chi connectivity index (χ3v) is 6.08. The minimum atomic E-state index is -0.0277. The maximum Gasteiger partial charge on any atom is 0.161 e. The van der Waals surface area contributed by atoms with Crippen LogP contribution in [0.5, 0.6) is 23.0 Å². The summed E-state index contributed by atoms with van der Waals surface area (Å²) in [7, 11) is 7.20. The van der Waals surface area contributed by atoms with E-state index in [1.165, 1.54) is 16.7 Å². The standard InChI is InChI=1S/C21H25NO4/c1-22-6-5-13-9-20(25-3)21(26-4)11-16(13)17(22)7-14-10-19(24-2)18(23)8-15(14)12-22/h8-11,17H,5-7,12H2,1-4H3/t17-,22-/m0/s1. The predicted molar refractivity (Wildman–Crippen MR) is 96.9 cm³/mol. The van der Waals surface area contributed by atoms with Gasteiger partial charge >= 0.3 is 0 Å². The van der Waals surface area contributed by atoms with Crippen molar-refractivity contribution in [3.8, 4) is 23.0 Å². The van der Waals surface area contributed by atoms with E-state index in [0.717, 1.165) is 47.5 Å².